The largest absolute Gasteiger partial charge is 0.496 e. The highest BCUT2D eigenvalue weighted by Gasteiger charge is 2.18. The van der Waals surface area contributed by atoms with Crippen LogP contribution < -0.4 is 21.3 Å². The number of hydrogen-bond donors (Lipinski definition) is 1. The second-order valence-corrected chi connectivity index (χ2v) is 9.61. The molecule has 0 aliphatic heterocycles. The molecule has 0 radical (unpaired) electrons. The maximum Gasteiger partial charge on any atom is 0.336 e. The van der Waals surface area contributed by atoms with Gasteiger partial charge in [0.05, 0.1) is 36.7 Å². The third kappa shape index (κ3) is 5.02. The van der Waals surface area contributed by atoms with Gasteiger partial charge in [-0.3, -0.25) is 19.0 Å². The van der Waals surface area contributed by atoms with Crippen LogP contribution in [0, 0.1) is 0 Å². The van der Waals surface area contributed by atoms with Crippen LogP contribution in [-0.4, -0.2) is 34.5 Å². The predicted molar refractivity (Wildman–Crippen MR) is 145 cm³/mol. The Labute approximate surface area is 219 Å². The molecule has 1 N–H and O–H groups in total. The second kappa shape index (κ2) is 10.9. The average molecular weight is 512 g/mol. The van der Waals surface area contributed by atoms with Crippen molar-refractivity contribution in [3.8, 4) is 11.4 Å². The Balaban J connectivity index is 1.53. The molecule has 0 spiro atoms. The molecule has 0 saturated heterocycles. The lowest BCUT2D eigenvalue weighted by molar-refractivity contribution is -0.121. The number of carbonyl (C=O) groups excluding carboxylic acids is 2. The molecule has 5 rings (SSSR count). The molecule has 1 heterocycles. The molecule has 8 heteroatoms. The van der Waals surface area contributed by atoms with Gasteiger partial charge in [0.2, 0.25) is 5.91 Å². The maximum atomic E-state index is 13.8. The van der Waals surface area contributed by atoms with Gasteiger partial charge in [0.1, 0.15) is 12.0 Å². The van der Waals surface area contributed by atoms with Gasteiger partial charge in [-0.15, -0.1) is 0 Å². The summed E-state index contributed by atoms with van der Waals surface area (Å²) >= 11 is 0. The van der Waals surface area contributed by atoms with Crippen LogP contribution in [0.5, 0.6) is 5.75 Å². The number of amides is 1. The van der Waals surface area contributed by atoms with E-state index in [9.17, 15) is 19.2 Å². The smallest absolute Gasteiger partial charge is 0.336 e. The van der Waals surface area contributed by atoms with Crippen molar-refractivity contribution in [1.29, 1.82) is 0 Å². The molecule has 194 valence electrons. The minimum absolute atomic E-state index is 0.0265. The topological polar surface area (TPSA) is 99.4 Å². The number of benzene rings is 3. The summed E-state index contributed by atoms with van der Waals surface area (Å²) in [6.45, 7) is 0.101. The fourth-order valence-electron chi connectivity index (χ4n) is 5.16. The fourth-order valence-corrected chi connectivity index (χ4v) is 5.16. The Morgan fingerprint density at radius 3 is 2.47 bits per heavy atom. The van der Waals surface area contributed by atoms with Crippen molar-refractivity contribution in [2.75, 3.05) is 7.11 Å². The van der Waals surface area contributed by atoms with Crippen molar-refractivity contribution >= 4 is 23.1 Å². The summed E-state index contributed by atoms with van der Waals surface area (Å²) in [4.78, 5) is 51.0. The molecule has 38 heavy (non-hydrogen) atoms. The van der Waals surface area contributed by atoms with Gasteiger partial charge in [0.25, 0.3) is 5.56 Å². The Kier molecular flexibility index (Phi) is 7.22. The number of carbonyl (C=O) groups is 2. The van der Waals surface area contributed by atoms with E-state index in [4.69, 9.17) is 4.74 Å². The summed E-state index contributed by atoms with van der Waals surface area (Å²) in [5.74, 6) is 0.506. The van der Waals surface area contributed by atoms with E-state index in [0.717, 1.165) is 42.1 Å². The fraction of sp³-hybridized carbons (Fsp3) is 0.267. The van der Waals surface area contributed by atoms with Crippen molar-refractivity contribution in [2.24, 2.45) is 0 Å². The number of aldehydes is 1. The second-order valence-electron chi connectivity index (χ2n) is 9.61. The summed E-state index contributed by atoms with van der Waals surface area (Å²) in [6.07, 6.45) is 5.31. The van der Waals surface area contributed by atoms with Gasteiger partial charge in [0, 0.05) is 17.2 Å². The molecule has 0 unspecified atom stereocenters. The molecule has 1 aromatic heterocycles. The minimum atomic E-state index is -0.515. The van der Waals surface area contributed by atoms with Crippen molar-refractivity contribution in [2.45, 2.75) is 44.7 Å². The number of methoxy groups -OCH3 is 1. The summed E-state index contributed by atoms with van der Waals surface area (Å²) in [7, 11) is 1.52. The molecular formula is C30H29N3O5. The molecule has 0 bridgehead atoms. The molecule has 1 saturated carbocycles. The first-order valence-corrected chi connectivity index (χ1v) is 12.7. The molecular weight excluding hydrogens is 482 g/mol. The van der Waals surface area contributed by atoms with Crippen LogP contribution in [0.2, 0.25) is 0 Å². The lowest BCUT2D eigenvalue weighted by Crippen LogP contribution is -2.39. The van der Waals surface area contributed by atoms with Gasteiger partial charge < -0.3 is 10.1 Å². The molecule has 0 atom stereocenters. The Hall–Kier alpha value is -4.46. The van der Waals surface area contributed by atoms with Crippen LogP contribution in [0.1, 0.15) is 47.2 Å². The van der Waals surface area contributed by atoms with E-state index < -0.39 is 11.2 Å². The number of fused-ring (bicyclic) bond motifs is 1. The zero-order valence-electron chi connectivity index (χ0n) is 21.2. The summed E-state index contributed by atoms with van der Waals surface area (Å²) < 4.78 is 8.11. The van der Waals surface area contributed by atoms with Crippen molar-refractivity contribution in [3.63, 3.8) is 0 Å². The number of hydrogen-bond acceptors (Lipinski definition) is 5. The SMILES string of the molecule is COc1ccc(C=O)cc1Cn1c(=O)n(-c2ccc(CC(=O)NC3CCCC3)cc2)c(=O)c2ccccc21. The molecule has 1 aliphatic rings. The van der Waals surface area contributed by atoms with Crippen LogP contribution in [0.25, 0.3) is 16.6 Å². The van der Waals surface area contributed by atoms with Gasteiger partial charge in [-0.1, -0.05) is 37.1 Å². The van der Waals surface area contributed by atoms with Gasteiger partial charge in [-0.05, 0) is 60.9 Å². The molecule has 1 fully saturated rings. The van der Waals surface area contributed by atoms with Crippen LogP contribution in [0.15, 0.2) is 76.3 Å². The van der Waals surface area contributed by atoms with E-state index in [0.29, 0.717) is 33.5 Å². The van der Waals surface area contributed by atoms with Gasteiger partial charge in [-0.2, -0.15) is 0 Å². The van der Waals surface area contributed by atoms with Crippen LogP contribution in [0.4, 0.5) is 0 Å². The van der Waals surface area contributed by atoms with Crippen molar-refractivity contribution in [1.82, 2.24) is 14.5 Å². The number of rotatable bonds is 8. The lowest BCUT2D eigenvalue weighted by atomic mass is 10.1. The average Bonchev–Trinajstić information content (AvgIpc) is 3.44. The zero-order valence-corrected chi connectivity index (χ0v) is 21.2. The molecule has 4 aromatic rings. The van der Waals surface area contributed by atoms with E-state index in [2.05, 4.69) is 5.32 Å². The Bertz CT molecular complexity index is 1610. The first-order valence-electron chi connectivity index (χ1n) is 12.7. The highest BCUT2D eigenvalue weighted by Crippen LogP contribution is 2.22. The standard InChI is InChI=1S/C30H29N3O5/c1-38-27-15-12-21(19-34)16-22(27)18-32-26-9-5-4-8-25(26)29(36)33(30(32)37)24-13-10-20(11-14-24)17-28(35)31-23-6-2-3-7-23/h4-5,8-16,19,23H,2-3,6-7,17-18H2,1H3,(H,31,35). The number of nitrogens with zero attached hydrogens (tertiary/aromatic N) is 2. The summed E-state index contributed by atoms with van der Waals surface area (Å²) in [5.41, 5.74) is 1.85. The van der Waals surface area contributed by atoms with E-state index in [1.165, 1.54) is 11.7 Å². The van der Waals surface area contributed by atoms with E-state index in [-0.39, 0.29) is 24.9 Å². The number of aromatic nitrogens is 2. The Morgan fingerprint density at radius 1 is 1.03 bits per heavy atom. The number of ether oxygens (including phenoxy) is 1. The van der Waals surface area contributed by atoms with Gasteiger partial charge in [-0.25, -0.2) is 9.36 Å². The van der Waals surface area contributed by atoms with Crippen molar-refractivity contribution < 1.29 is 14.3 Å². The highest BCUT2D eigenvalue weighted by atomic mass is 16.5. The molecule has 1 aliphatic carbocycles. The summed E-state index contributed by atoms with van der Waals surface area (Å²) in [5, 5.41) is 3.47. The lowest BCUT2D eigenvalue weighted by Gasteiger charge is -2.16. The monoisotopic (exact) mass is 511 g/mol. The van der Waals surface area contributed by atoms with E-state index >= 15 is 0 Å². The first-order chi connectivity index (χ1) is 18.5. The van der Waals surface area contributed by atoms with E-state index in [1.807, 2.05) is 0 Å². The normalized spacial score (nSPS) is 13.5. The number of nitrogens with one attached hydrogen (secondary N) is 1. The molecule has 8 nitrogen and oxygen atoms in total. The third-order valence-electron chi connectivity index (χ3n) is 7.10. The number of para-hydroxylation sites is 1. The maximum absolute atomic E-state index is 13.8. The molecule has 1 amide bonds. The van der Waals surface area contributed by atoms with Crippen molar-refractivity contribution in [3.05, 3.63) is 104 Å². The Morgan fingerprint density at radius 2 is 1.76 bits per heavy atom. The highest BCUT2D eigenvalue weighted by molar-refractivity contribution is 5.80. The quantitative estimate of drug-likeness (QED) is 0.364. The zero-order chi connectivity index (χ0) is 26.6. The third-order valence-corrected chi connectivity index (χ3v) is 7.10. The van der Waals surface area contributed by atoms with Gasteiger partial charge in [0.15, 0.2) is 0 Å². The van der Waals surface area contributed by atoms with E-state index in [1.54, 1.807) is 66.7 Å². The first kappa shape index (κ1) is 25.2. The minimum Gasteiger partial charge on any atom is -0.496 e. The van der Waals surface area contributed by atoms with Crippen LogP contribution in [0.3, 0.4) is 0 Å². The van der Waals surface area contributed by atoms with Crippen LogP contribution >= 0.6 is 0 Å². The van der Waals surface area contributed by atoms with Crippen LogP contribution in [-0.2, 0) is 17.8 Å². The molecule has 3 aromatic carbocycles. The summed E-state index contributed by atoms with van der Waals surface area (Å²) in [6, 6.07) is 19.1. The van der Waals surface area contributed by atoms with Gasteiger partial charge >= 0.3 is 5.69 Å². The predicted octanol–water partition coefficient (Wildman–Crippen LogP) is 3.62.